The molecule has 1 atom stereocenters. The second kappa shape index (κ2) is 6.75. The Kier molecular flexibility index (Phi) is 4.52. The normalized spacial score (nSPS) is 17.8. The maximum Gasteiger partial charge on any atom is 0.257 e. The van der Waals surface area contributed by atoms with Gasteiger partial charge in [0.2, 0.25) is 0 Å². The number of methoxy groups -OCH3 is 1. The predicted octanol–water partition coefficient (Wildman–Crippen LogP) is 1.58. The molecule has 1 aromatic heterocycles. The van der Waals surface area contributed by atoms with Gasteiger partial charge in [0.25, 0.3) is 5.91 Å². The summed E-state index contributed by atoms with van der Waals surface area (Å²) < 4.78 is 5.47. The van der Waals surface area contributed by atoms with Gasteiger partial charge in [0, 0.05) is 31.4 Å². The van der Waals surface area contributed by atoms with E-state index in [2.05, 4.69) is 15.3 Å². The highest BCUT2D eigenvalue weighted by atomic mass is 16.5. The van der Waals surface area contributed by atoms with Crippen molar-refractivity contribution in [3.8, 4) is 5.75 Å². The average Bonchev–Trinajstić information content (AvgIpc) is 2.61. The Bertz CT molecular complexity index is 704. The van der Waals surface area contributed by atoms with E-state index < -0.39 is 0 Å². The summed E-state index contributed by atoms with van der Waals surface area (Å²) in [4.78, 5) is 23.0. The number of carbonyl (C=O) groups is 1. The number of rotatable bonds is 3. The van der Waals surface area contributed by atoms with Crippen LogP contribution in [0, 0.1) is 6.92 Å². The SMILES string of the molecule is COc1ccccc1[C@@H]1CNCCN1C(=O)c1cncnc1C. The zero-order valence-electron chi connectivity index (χ0n) is 13.3. The van der Waals surface area contributed by atoms with E-state index in [0.717, 1.165) is 17.9 Å². The molecule has 2 aromatic rings. The Morgan fingerprint density at radius 1 is 1.39 bits per heavy atom. The first-order chi connectivity index (χ1) is 11.2. The number of carbonyl (C=O) groups excluding carboxylic acids is 1. The smallest absolute Gasteiger partial charge is 0.257 e. The number of aromatic nitrogens is 2. The summed E-state index contributed by atoms with van der Waals surface area (Å²) in [5.74, 6) is 0.750. The number of para-hydroxylation sites is 1. The molecule has 0 aliphatic carbocycles. The van der Waals surface area contributed by atoms with Gasteiger partial charge in [-0.1, -0.05) is 18.2 Å². The van der Waals surface area contributed by atoms with Crippen LogP contribution >= 0.6 is 0 Å². The molecule has 2 heterocycles. The number of amides is 1. The minimum atomic E-state index is -0.0768. The maximum absolute atomic E-state index is 13.0. The topological polar surface area (TPSA) is 67.3 Å². The largest absolute Gasteiger partial charge is 0.496 e. The fourth-order valence-corrected chi connectivity index (χ4v) is 2.92. The van der Waals surface area contributed by atoms with Gasteiger partial charge in [-0.2, -0.15) is 0 Å². The standard InChI is InChI=1S/C17H20N4O2/c1-12-14(9-19-11-20-12)17(22)21-8-7-18-10-15(21)13-5-3-4-6-16(13)23-2/h3-6,9,11,15,18H,7-8,10H2,1-2H3/t15-/m0/s1. The molecule has 0 radical (unpaired) electrons. The third-order valence-corrected chi connectivity index (χ3v) is 4.14. The zero-order chi connectivity index (χ0) is 16.2. The van der Waals surface area contributed by atoms with Gasteiger partial charge < -0.3 is 15.0 Å². The highest BCUT2D eigenvalue weighted by Gasteiger charge is 2.31. The van der Waals surface area contributed by atoms with Crippen molar-refractivity contribution in [1.29, 1.82) is 0 Å². The van der Waals surface area contributed by atoms with Crippen molar-refractivity contribution in [2.24, 2.45) is 0 Å². The van der Waals surface area contributed by atoms with Gasteiger partial charge in [-0.25, -0.2) is 9.97 Å². The van der Waals surface area contributed by atoms with Crippen LogP contribution in [0.5, 0.6) is 5.75 Å². The van der Waals surface area contributed by atoms with E-state index in [1.54, 1.807) is 13.3 Å². The molecule has 1 N–H and O–H groups in total. The summed E-state index contributed by atoms with van der Waals surface area (Å²) in [5.41, 5.74) is 2.25. The lowest BCUT2D eigenvalue weighted by Gasteiger charge is -2.37. The number of hydrogen-bond donors (Lipinski definition) is 1. The molecule has 1 aliphatic heterocycles. The van der Waals surface area contributed by atoms with Crippen LogP contribution in [0.3, 0.4) is 0 Å². The summed E-state index contributed by atoms with van der Waals surface area (Å²) in [6.45, 7) is 3.92. The lowest BCUT2D eigenvalue weighted by atomic mass is 10.0. The summed E-state index contributed by atoms with van der Waals surface area (Å²) in [5, 5.41) is 3.35. The van der Waals surface area contributed by atoms with Crippen LogP contribution in [0.2, 0.25) is 0 Å². The van der Waals surface area contributed by atoms with Gasteiger partial charge in [0.05, 0.1) is 24.4 Å². The van der Waals surface area contributed by atoms with Gasteiger partial charge in [0.15, 0.2) is 0 Å². The molecule has 1 fully saturated rings. The zero-order valence-corrected chi connectivity index (χ0v) is 13.3. The first kappa shape index (κ1) is 15.4. The fourth-order valence-electron chi connectivity index (χ4n) is 2.92. The van der Waals surface area contributed by atoms with Crippen molar-refractivity contribution in [3.63, 3.8) is 0 Å². The molecular formula is C17H20N4O2. The van der Waals surface area contributed by atoms with Gasteiger partial charge in [-0.3, -0.25) is 4.79 Å². The third-order valence-electron chi connectivity index (χ3n) is 4.14. The summed E-state index contributed by atoms with van der Waals surface area (Å²) in [7, 11) is 1.65. The van der Waals surface area contributed by atoms with Crippen LogP contribution in [0.1, 0.15) is 27.7 Å². The molecule has 1 aromatic carbocycles. The molecule has 0 unspecified atom stereocenters. The van der Waals surface area contributed by atoms with E-state index in [-0.39, 0.29) is 11.9 Å². The molecule has 1 aliphatic rings. The number of hydrogen-bond acceptors (Lipinski definition) is 5. The van der Waals surface area contributed by atoms with Gasteiger partial charge in [-0.15, -0.1) is 0 Å². The van der Waals surface area contributed by atoms with Crippen molar-refractivity contribution in [2.75, 3.05) is 26.7 Å². The Morgan fingerprint density at radius 3 is 3.00 bits per heavy atom. The molecular weight excluding hydrogens is 292 g/mol. The van der Waals surface area contributed by atoms with Crippen LogP contribution in [0.4, 0.5) is 0 Å². The maximum atomic E-state index is 13.0. The lowest BCUT2D eigenvalue weighted by Crippen LogP contribution is -2.49. The van der Waals surface area contributed by atoms with Crippen LogP contribution in [-0.2, 0) is 0 Å². The minimum Gasteiger partial charge on any atom is -0.496 e. The van der Waals surface area contributed by atoms with Crippen molar-refractivity contribution in [2.45, 2.75) is 13.0 Å². The van der Waals surface area contributed by atoms with Crippen molar-refractivity contribution in [3.05, 3.63) is 53.6 Å². The van der Waals surface area contributed by atoms with Crippen molar-refractivity contribution >= 4 is 5.91 Å². The summed E-state index contributed by atoms with van der Waals surface area (Å²) in [6.07, 6.45) is 3.05. The van der Waals surface area contributed by atoms with E-state index in [1.165, 1.54) is 6.33 Å². The molecule has 6 nitrogen and oxygen atoms in total. The molecule has 1 amide bonds. The predicted molar refractivity (Wildman–Crippen MR) is 86.4 cm³/mol. The monoisotopic (exact) mass is 312 g/mol. The lowest BCUT2D eigenvalue weighted by molar-refractivity contribution is 0.0630. The fraction of sp³-hybridized carbons (Fsp3) is 0.353. The van der Waals surface area contributed by atoms with E-state index in [9.17, 15) is 4.79 Å². The van der Waals surface area contributed by atoms with Crippen molar-refractivity contribution < 1.29 is 9.53 Å². The second-order valence-electron chi connectivity index (χ2n) is 5.48. The number of benzene rings is 1. The number of piperazine rings is 1. The van der Waals surface area contributed by atoms with E-state index in [0.29, 0.717) is 24.3 Å². The van der Waals surface area contributed by atoms with Crippen LogP contribution in [-0.4, -0.2) is 47.5 Å². The van der Waals surface area contributed by atoms with Gasteiger partial charge in [0.1, 0.15) is 12.1 Å². The van der Waals surface area contributed by atoms with Crippen LogP contribution < -0.4 is 10.1 Å². The van der Waals surface area contributed by atoms with Crippen LogP contribution in [0.15, 0.2) is 36.8 Å². The quantitative estimate of drug-likeness (QED) is 0.932. The van der Waals surface area contributed by atoms with Crippen molar-refractivity contribution in [1.82, 2.24) is 20.2 Å². The van der Waals surface area contributed by atoms with E-state index in [4.69, 9.17) is 4.74 Å². The molecule has 6 heteroatoms. The molecule has 3 rings (SSSR count). The van der Waals surface area contributed by atoms with E-state index in [1.807, 2.05) is 36.1 Å². The molecule has 0 spiro atoms. The average molecular weight is 312 g/mol. The first-order valence-corrected chi connectivity index (χ1v) is 7.63. The summed E-state index contributed by atoms with van der Waals surface area (Å²) >= 11 is 0. The molecule has 1 saturated heterocycles. The first-order valence-electron chi connectivity index (χ1n) is 7.63. The van der Waals surface area contributed by atoms with Crippen LogP contribution in [0.25, 0.3) is 0 Å². The highest BCUT2D eigenvalue weighted by Crippen LogP contribution is 2.31. The second-order valence-corrected chi connectivity index (χ2v) is 5.48. The Balaban J connectivity index is 1.96. The molecule has 23 heavy (non-hydrogen) atoms. The Morgan fingerprint density at radius 2 is 2.22 bits per heavy atom. The number of nitrogens with one attached hydrogen (secondary N) is 1. The highest BCUT2D eigenvalue weighted by molar-refractivity contribution is 5.95. The molecule has 0 bridgehead atoms. The molecule has 120 valence electrons. The number of ether oxygens (including phenoxy) is 1. The number of aryl methyl sites for hydroxylation is 1. The molecule has 0 saturated carbocycles. The Labute approximate surface area is 135 Å². The third kappa shape index (κ3) is 3.03. The van der Waals surface area contributed by atoms with E-state index >= 15 is 0 Å². The van der Waals surface area contributed by atoms with Gasteiger partial charge >= 0.3 is 0 Å². The van der Waals surface area contributed by atoms with Gasteiger partial charge in [-0.05, 0) is 13.0 Å². The number of nitrogens with zero attached hydrogens (tertiary/aromatic N) is 3. The Hall–Kier alpha value is -2.47. The summed E-state index contributed by atoms with van der Waals surface area (Å²) in [6, 6.07) is 7.74. The minimum absolute atomic E-state index is 0.0412.